The Bertz CT molecular complexity index is 937. The van der Waals surface area contributed by atoms with Gasteiger partial charge in [0.05, 0.1) is 5.92 Å². The molecule has 4 aliphatic heterocycles. The van der Waals surface area contributed by atoms with E-state index in [1.54, 1.807) is 0 Å². The number of likely N-dealkylation sites (tertiary alicyclic amines) is 3. The molecule has 38 heavy (non-hydrogen) atoms. The molecule has 4 heterocycles. The molecule has 0 bridgehead atoms. The number of halogens is 6. The topological polar surface area (TPSA) is 85.4 Å². The second-order valence-electron chi connectivity index (χ2n) is 10.3. The molecule has 4 aliphatic rings. The van der Waals surface area contributed by atoms with Crippen molar-refractivity contribution in [2.45, 2.75) is 62.5 Å². The Balaban J connectivity index is 1.39. The molecule has 0 saturated carbocycles. The minimum Gasteiger partial charge on any atom is -0.481 e. The maximum atomic E-state index is 12.8. The van der Waals surface area contributed by atoms with Crippen molar-refractivity contribution in [1.82, 2.24) is 20.0 Å². The van der Waals surface area contributed by atoms with Crippen molar-refractivity contribution in [3.63, 3.8) is 0 Å². The first-order chi connectivity index (χ1) is 17.8. The molecule has 214 valence electrons. The molecule has 14 heteroatoms. The van der Waals surface area contributed by atoms with Gasteiger partial charge in [-0.1, -0.05) is 12.2 Å². The predicted octanol–water partition coefficient (Wildman–Crippen LogP) is 3.71. The molecule has 3 fully saturated rings. The zero-order valence-electron chi connectivity index (χ0n) is 20.8. The van der Waals surface area contributed by atoms with Gasteiger partial charge in [0.15, 0.2) is 0 Å². The molecule has 1 spiro atoms. The molecule has 0 aliphatic carbocycles. The lowest BCUT2D eigenvalue weighted by Gasteiger charge is -2.45. The summed E-state index contributed by atoms with van der Waals surface area (Å²) in [5.41, 5.74) is 0.732. The lowest BCUT2D eigenvalue weighted by molar-refractivity contribution is -0.308. The van der Waals surface area contributed by atoms with Gasteiger partial charge in [0.2, 0.25) is 0 Å². The van der Waals surface area contributed by atoms with Crippen molar-refractivity contribution < 1.29 is 45.8 Å². The fourth-order valence-corrected chi connectivity index (χ4v) is 5.95. The third kappa shape index (κ3) is 6.15. The average molecular weight is 555 g/mol. The highest BCUT2D eigenvalue weighted by Gasteiger charge is 2.60. The summed E-state index contributed by atoms with van der Waals surface area (Å²) in [7, 11) is 0. The smallest absolute Gasteiger partial charge is 0.434 e. The first-order valence-corrected chi connectivity index (χ1v) is 12.8. The fourth-order valence-electron chi connectivity index (χ4n) is 5.95. The second kappa shape index (κ2) is 10.9. The van der Waals surface area contributed by atoms with E-state index in [1.165, 1.54) is 0 Å². The SMILES string of the molecule is O=C(O)C1CCN(C2=C(CN3CCCC34CCN(C(=O)OC(C(F)(F)F)C(F)(F)F)CC4)C=CCN2)CC1. The summed E-state index contributed by atoms with van der Waals surface area (Å²) < 4.78 is 80.7. The number of nitrogens with one attached hydrogen (secondary N) is 1. The van der Waals surface area contributed by atoms with Crippen LogP contribution in [0.5, 0.6) is 0 Å². The van der Waals surface area contributed by atoms with Crippen molar-refractivity contribution in [3.8, 4) is 0 Å². The van der Waals surface area contributed by atoms with Gasteiger partial charge < -0.3 is 25.0 Å². The number of carboxylic acid groups (broad SMARTS) is 1. The van der Waals surface area contributed by atoms with Crippen LogP contribution in [0.1, 0.15) is 38.5 Å². The molecular formula is C24H32F6N4O4. The number of hydrogen-bond donors (Lipinski definition) is 2. The van der Waals surface area contributed by atoms with E-state index in [-0.39, 0.29) is 24.5 Å². The number of alkyl halides is 6. The van der Waals surface area contributed by atoms with Crippen LogP contribution in [0.3, 0.4) is 0 Å². The predicted molar refractivity (Wildman–Crippen MR) is 123 cm³/mol. The van der Waals surface area contributed by atoms with E-state index in [4.69, 9.17) is 0 Å². The summed E-state index contributed by atoms with van der Waals surface area (Å²) in [6.07, 6.45) is -9.58. The molecule has 8 nitrogen and oxygen atoms in total. The third-order valence-corrected chi connectivity index (χ3v) is 8.04. The van der Waals surface area contributed by atoms with E-state index in [9.17, 15) is 41.0 Å². The number of dihydropyridines is 1. The van der Waals surface area contributed by atoms with Crippen molar-refractivity contribution in [2.75, 3.05) is 45.8 Å². The standard InChI is InChI=1S/C24H32F6N4O4/c25-23(26,27)20(24(28,29)30)38-21(37)33-13-7-22(8-14-33)6-2-10-34(22)15-17-3-1-9-31-18(17)32-11-4-16(5-12-32)19(35)36/h1,3,16,20,31H,2,4-15H2,(H,35,36). The van der Waals surface area contributed by atoms with Crippen LogP contribution in [0.25, 0.3) is 0 Å². The number of piperidine rings is 2. The first kappa shape index (κ1) is 28.4. The molecule has 0 unspecified atom stereocenters. The van der Waals surface area contributed by atoms with Crippen molar-refractivity contribution in [3.05, 3.63) is 23.5 Å². The molecular weight excluding hydrogens is 522 g/mol. The summed E-state index contributed by atoms with van der Waals surface area (Å²) in [6.45, 7) is 3.26. The van der Waals surface area contributed by atoms with E-state index in [2.05, 4.69) is 19.9 Å². The lowest BCUT2D eigenvalue weighted by atomic mass is 9.84. The van der Waals surface area contributed by atoms with Crippen molar-refractivity contribution in [1.29, 1.82) is 0 Å². The number of carbonyl (C=O) groups excluding carboxylic acids is 1. The number of carbonyl (C=O) groups is 2. The Hall–Kier alpha value is -2.64. The van der Waals surface area contributed by atoms with Gasteiger partial charge in [0.25, 0.3) is 6.10 Å². The van der Waals surface area contributed by atoms with Gasteiger partial charge in [-0.2, -0.15) is 26.3 Å². The Labute approximate surface area is 216 Å². The second-order valence-corrected chi connectivity index (χ2v) is 10.3. The highest BCUT2D eigenvalue weighted by Crippen LogP contribution is 2.41. The average Bonchev–Trinajstić information content (AvgIpc) is 3.23. The van der Waals surface area contributed by atoms with E-state index >= 15 is 0 Å². The van der Waals surface area contributed by atoms with Crippen LogP contribution in [-0.4, -0.2) is 102 Å². The minimum atomic E-state index is -5.75. The Kier molecular flexibility index (Phi) is 8.10. The van der Waals surface area contributed by atoms with Crippen LogP contribution in [0.2, 0.25) is 0 Å². The minimum absolute atomic E-state index is 0.000460. The maximum absolute atomic E-state index is 12.8. The largest absolute Gasteiger partial charge is 0.481 e. The number of nitrogens with zero attached hydrogens (tertiary/aromatic N) is 3. The third-order valence-electron chi connectivity index (χ3n) is 8.04. The number of aliphatic carboxylic acids is 1. The van der Waals surface area contributed by atoms with Gasteiger partial charge in [-0.05, 0) is 45.1 Å². The van der Waals surface area contributed by atoms with Gasteiger partial charge in [0.1, 0.15) is 5.82 Å². The number of hydrogen-bond acceptors (Lipinski definition) is 6. The monoisotopic (exact) mass is 554 g/mol. The van der Waals surface area contributed by atoms with Crippen LogP contribution in [0.4, 0.5) is 31.1 Å². The summed E-state index contributed by atoms with van der Waals surface area (Å²) in [4.78, 5) is 28.9. The molecule has 0 aromatic carbocycles. The van der Waals surface area contributed by atoms with Crippen LogP contribution in [0, 0.1) is 5.92 Å². The Morgan fingerprint density at radius 3 is 2.24 bits per heavy atom. The van der Waals surface area contributed by atoms with Crippen LogP contribution in [0.15, 0.2) is 23.5 Å². The summed E-state index contributed by atoms with van der Waals surface area (Å²) >= 11 is 0. The van der Waals surface area contributed by atoms with Gasteiger partial charge in [0, 0.05) is 50.4 Å². The molecule has 1 amide bonds. The van der Waals surface area contributed by atoms with Gasteiger partial charge in [-0.15, -0.1) is 0 Å². The van der Waals surface area contributed by atoms with Gasteiger partial charge in [-0.25, -0.2) is 4.79 Å². The quantitative estimate of drug-likeness (QED) is 0.502. The number of amides is 1. The van der Waals surface area contributed by atoms with Gasteiger partial charge in [-0.3, -0.25) is 9.69 Å². The fraction of sp³-hybridized carbons (Fsp3) is 0.750. The highest BCUT2D eigenvalue weighted by atomic mass is 19.4. The molecule has 0 aromatic heterocycles. The Morgan fingerprint density at radius 2 is 1.66 bits per heavy atom. The molecule has 4 rings (SSSR count). The maximum Gasteiger partial charge on any atom is 0.434 e. The number of rotatable bonds is 5. The van der Waals surface area contributed by atoms with Crippen LogP contribution < -0.4 is 5.32 Å². The van der Waals surface area contributed by atoms with E-state index in [1.807, 2.05) is 12.2 Å². The van der Waals surface area contributed by atoms with Crippen molar-refractivity contribution in [2.24, 2.45) is 5.92 Å². The highest BCUT2D eigenvalue weighted by molar-refractivity contribution is 5.70. The molecule has 2 N–H and O–H groups in total. The van der Waals surface area contributed by atoms with E-state index in [0.29, 0.717) is 51.9 Å². The van der Waals surface area contributed by atoms with Gasteiger partial charge >= 0.3 is 24.4 Å². The molecule has 0 atom stereocenters. The van der Waals surface area contributed by atoms with Crippen molar-refractivity contribution >= 4 is 12.1 Å². The van der Waals surface area contributed by atoms with Crippen LogP contribution >= 0.6 is 0 Å². The summed E-state index contributed by atoms with van der Waals surface area (Å²) in [6, 6.07) is 0. The summed E-state index contributed by atoms with van der Waals surface area (Å²) in [5.74, 6) is -0.169. The molecule has 3 saturated heterocycles. The molecule has 0 radical (unpaired) electrons. The number of carboxylic acids is 1. The van der Waals surface area contributed by atoms with Crippen LogP contribution in [-0.2, 0) is 9.53 Å². The number of ether oxygens (including phenoxy) is 1. The lowest BCUT2D eigenvalue weighted by Crippen LogP contribution is -2.55. The summed E-state index contributed by atoms with van der Waals surface area (Å²) in [5, 5.41) is 12.7. The zero-order valence-corrected chi connectivity index (χ0v) is 20.8. The van der Waals surface area contributed by atoms with E-state index in [0.717, 1.165) is 35.7 Å². The Morgan fingerprint density at radius 1 is 1.03 bits per heavy atom. The zero-order chi connectivity index (χ0) is 27.7. The molecule has 0 aromatic rings. The first-order valence-electron chi connectivity index (χ1n) is 12.8. The van der Waals surface area contributed by atoms with E-state index < -0.39 is 30.5 Å². The normalized spacial score (nSPS) is 23.3.